The third-order valence-corrected chi connectivity index (χ3v) is 6.61. The fraction of sp³-hybridized carbons (Fsp3) is 0.304. The van der Waals surface area contributed by atoms with Crippen molar-refractivity contribution >= 4 is 7.82 Å². The fourth-order valence-electron chi connectivity index (χ4n) is 3.50. The number of para-hydroxylation sites is 2. The molecule has 4 atom stereocenters. The average molecular weight is 508 g/mol. The number of phosphoric acid groups is 1. The van der Waals surface area contributed by atoms with Gasteiger partial charge in [-0.25, -0.2) is 18.1 Å². The summed E-state index contributed by atoms with van der Waals surface area (Å²) in [4.78, 5) is 15.9. The molecule has 1 saturated heterocycles. The molecule has 0 radical (unpaired) electrons. The molecule has 1 aliphatic rings. The Hall–Kier alpha value is -3.11. The summed E-state index contributed by atoms with van der Waals surface area (Å²) in [7, 11) is -4.57. The van der Waals surface area contributed by atoms with E-state index in [9.17, 15) is 14.5 Å². The van der Waals surface area contributed by atoms with Crippen LogP contribution in [-0.2, 0) is 13.8 Å². The van der Waals surface area contributed by atoms with Gasteiger partial charge in [-0.05, 0) is 44.2 Å². The molecule has 186 valence electrons. The third-order valence-electron chi connectivity index (χ3n) is 5.30. The Morgan fingerprint density at radius 1 is 1.06 bits per heavy atom. The zero-order chi connectivity index (χ0) is 25.3. The SMILES string of the molecule is Cc1ccn([C@@H]2O[C@](F)(COP(=O)(Oc3ccccc3)Oc3ccccc3)[C@@H](O)[C@@]2(C)F)c(=O)n1. The molecule has 1 fully saturated rings. The molecule has 1 N–H and O–H groups in total. The Labute approximate surface area is 199 Å². The van der Waals surface area contributed by atoms with E-state index < -0.39 is 44.0 Å². The number of phosphoric ester groups is 1. The highest BCUT2D eigenvalue weighted by molar-refractivity contribution is 7.49. The molecule has 0 amide bonds. The molecule has 0 spiro atoms. The Balaban J connectivity index is 1.59. The Morgan fingerprint density at radius 3 is 2.11 bits per heavy atom. The molecule has 3 aromatic rings. The van der Waals surface area contributed by atoms with Gasteiger partial charge >= 0.3 is 13.5 Å². The normalized spacial score (nSPS) is 26.4. The first-order valence-electron chi connectivity index (χ1n) is 10.6. The first kappa shape index (κ1) is 25.0. The number of halogens is 2. The van der Waals surface area contributed by atoms with E-state index in [4.69, 9.17) is 18.3 Å². The van der Waals surface area contributed by atoms with Gasteiger partial charge in [-0.15, -0.1) is 0 Å². The number of aliphatic hydroxyl groups is 1. The van der Waals surface area contributed by atoms with Gasteiger partial charge < -0.3 is 18.9 Å². The van der Waals surface area contributed by atoms with Crippen LogP contribution in [0.3, 0.4) is 0 Å². The number of ether oxygens (including phenoxy) is 1. The number of aliphatic hydroxyl groups excluding tert-OH is 1. The Morgan fingerprint density at radius 2 is 1.60 bits per heavy atom. The van der Waals surface area contributed by atoms with E-state index in [0.717, 1.165) is 11.5 Å². The highest BCUT2D eigenvalue weighted by Gasteiger charge is 2.65. The van der Waals surface area contributed by atoms with Crippen LogP contribution in [0.4, 0.5) is 8.78 Å². The highest BCUT2D eigenvalue weighted by Crippen LogP contribution is 2.53. The van der Waals surface area contributed by atoms with Gasteiger partial charge in [0.25, 0.3) is 5.85 Å². The van der Waals surface area contributed by atoms with Crippen molar-refractivity contribution < 1.29 is 36.8 Å². The van der Waals surface area contributed by atoms with Crippen LogP contribution in [0.15, 0.2) is 77.7 Å². The van der Waals surface area contributed by atoms with E-state index in [1.54, 1.807) is 43.3 Å². The van der Waals surface area contributed by atoms with Crippen molar-refractivity contribution in [2.45, 2.75) is 37.7 Å². The molecule has 0 unspecified atom stereocenters. The molecule has 35 heavy (non-hydrogen) atoms. The average Bonchev–Trinajstić information content (AvgIpc) is 3.00. The summed E-state index contributed by atoms with van der Waals surface area (Å²) in [5, 5.41) is 10.5. The van der Waals surface area contributed by atoms with Crippen LogP contribution >= 0.6 is 7.82 Å². The van der Waals surface area contributed by atoms with Crippen LogP contribution in [0.1, 0.15) is 18.8 Å². The summed E-state index contributed by atoms with van der Waals surface area (Å²) in [5.41, 5.74) is -3.32. The first-order valence-corrected chi connectivity index (χ1v) is 12.0. The molecule has 4 rings (SSSR count). The quantitative estimate of drug-likeness (QED) is 0.453. The lowest BCUT2D eigenvalue weighted by molar-refractivity contribution is -0.204. The predicted molar refractivity (Wildman–Crippen MR) is 120 cm³/mol. The summed E-state index contributed by atoms with van der Waals surface area (Å²) >= 11 is 0. The van der Waals surface area contributed by atoms with Crippen molar-refractivity contribution in [3.63, 3.8) is 0 Å². The van der Waals surface area contributed by atoms with E-state index in [0.29, 0.717) is 5.69 Å². The number of hydrogen-bond acceptors (Lipinski definition) is 8. The second kappa shape index (κ2) is 9.50. The van der Waals surface area contributed by atoms with Crippen molar-refractivity contribution in [3.8, 4) is 11.5 Å². The van der Waals surface area contributed by atoms with Gasteiger partial charge in [0.1, 0.15) is 18.1 Å². The first-order chi connectivity index (χ1) is 16.5. The molecule has 12 heteroatoms. The van der Waals surface area contributed by atoms with Gasteiger partial charge in [0.2, 0.25) is 0 Å². The standard InChI is InChI=1S/C23H23F2N2O7P/c1-16-13-14-27(21(29)26-16)20-22(2,24)19(28)23(25,32-20)15-31-35(30,33-17-9-5-3-6-10-17)34-18-11-7-4-8-12-18/h3-14,19-20,28H,15H2,1-2H3/t19-,20+,22+,23+/m0/s1. The highest BCUT2D eigenvalue weighted by atomic mass is 31.2. The number of aromatic nitrogens is 2. The molecule has 9 nitrogen and oxygen atoms in total. The second-order valence-electron chi connectivity index (χ2n) is 8.10. The minimum absolute atomic E-state index is 0.0954. The molecule has 0 aliphatic carbocycles. The van der Waals surface area contributed by atoms with Crippen LogP contribution in [0.5, 0.6) is 11.5 Å². The second-order valence-corrected chi connectivity index (χ2v) is 9.62. The van der Waals surface area contributed by atoms with Gasteiger partial charge in [-0.1, -0.05) is 36.4 Å². The maximum atomic E-state index is 15.8. The molecule has 0 saturated carbocycles. The Kier molecular flexibility index (Phi) is 6.79. The van der Waals surface area contributed by atoms with Gasteiger partial charge in [-0.3, -0.25) is 9.09 Å². The number of nitrogens with zero attached hydrogens (tertiary/aromatic N) is 2. The monoisotopic (exact) mass is 508 g/mol. The summed E-state index contributed by atoms with van der Waals surface area (Å²) in [6.07, 6.45) is -3.12. The van der Waals surface area contributed by atoms with Crippen molar-refractivity contribution in [2.75, 3.05) is 6.61 Å². The minimum atomic E-state index is -4.57. The summed E-state index contributed by atoms with van der Waals surface area (Å²) < 4.78 is 66.5. The van der Waals surface area contributed by atoms with Crippen molar-refractivity contribution in [1.82, 2.24) is 9.55 Å². The van der Waals surface area contributed by atoms with Crippen molar-refractivity contribution in [2.24, 2.45) is 0 Å². The topological polar surface area (TPSA) is 109 Å². The smallest absolute Gasteiger partial charge is 0.395 e. The van der Waals surface area contributed by atoms with Crippen LogP contribution in [0.25, 0.3) is 0 Å². The van der Waals surface area contributed by atoms with Gasteiger partial charge in [0.05, 0.1) is 0 Å². The van der Waals surface area contributed by atoms with Crippen LogP contribution < -0.4 is 14.7 Å². The lowest BCUT2D eigenvalue weighted by Gasteiger charge is -2.26. The number of hydrogen-bond donors (Lipinski definition) is 1. The lowest BCUT2D eigenvalue weighted by Crippen LogP contribution is -2.47. The summed E-state index contributed by atoms with van der Waals surface area (Å²) in [5.74, 6) is -3.02. The number of rotatable bonds is 8. The summed E-state index contributed by atoms with van der Waals surface area (Å²) in [6, 6.07) is 17.1. The maximum Gasteiger partial charge on any atom is 0.587 e. The Bertz CT molecular complexity index is 1230. The molecule has 0 bridgehead atoms. The molecule has 1 aromatic heterocycles. The third kappa shape index (κ3) is 5.28. The van der Waals surface area contributed by atoms with Crippen molar-refractivity contribution in [1.29, 1.82) is 0 Å². The number of alkyl halides is 2. The van der Waals surface area contributed by atoms with Crippen molar-refractivity contribution in [3.05, 3.63) is 89.1 Å². The van der Waals surface area contributed by atoms with E-state index in [1.807, 2.05) is 0 Å². The predicted octanol–water partition coefficient (Wildman–Crippen LogP) is 4.12. The van der Waals surface area contributed by atoms with Gasteiger partial charge in [0.15, 0.2) is 18.0 Å². The van der Waals surface area contributed by atoms with E-state index in [1.165, 1.54) is 36.5 Å². The van der Waals surface area contributed by atoms with Gasteiger partial charge in [-0.2, -0.15) is 4.98 Å². The molecular formula is C23H23F2N2O7P. The fourth-order valence-corrected chi connectivity index (χ4v) is 4.74. The van der Waals surface area contributed by atoms with Crippen LogP contribution in [0.2, 0.25) is 0 Å². The molecule has 1 aliphatic heterocycles. The van der Waals surface area contributed by atoms with E-state index in [2.05, 4.69) is 4.98 Å². The zero-order valence-corrected chi connectivity index (χ0v) is 19.7. The maximum absolute atomic E-state index is 15.8. The summed E-state index contributed by atoms with van der Waals surface area (Å²) in [6.45, 7) is 1.18. The van der Waals surface area contributed by atoms with E-state index in [-0.39, 0.29) is 11.5 Å². The molecular weight excluding hydrogens is 485 g/mol. The largest absolute Gasteiger partial charge is 0.587 e. The van der Waals surface area contributed by atoms with Gasteiger partial charge in [0, 0.05) is 11.9 Å². The minimum Gasteiger partial charge on any atom is -0.395 e. The molecule has 2 heterocycles. The van der Waals surface area contributed by atoms with E-state index >= 15 is 8.78 Å². The van der Waals surface area contributed by atoms with Crippen LogP contribution in [0, 0.1) is 6.92 Å². The zero-order valence-electron chi connectivity index (χ0n) is 18.8. The molecule has 2 aromatic carbocycles. The van der Waals surface area contributed by atoms with Crippen LogP contribution in [-0.4, -0.2) is 38.9 Å². The number of benzene rings is 2. The lowest BCUT2D eigenvalue weighted by atomic mass is 9.97. The number of aryl methyl sites for hydroxylation is 1.